The fraction of sp³-hybridized carbons (Fsp3) is 0.462. The third-order valence-corrected chi connectivity index (χ3v) is 3.74. The average molecular weight is 298 g/mol. The predicted molar refractivity (Wildman–Crippen MR) is 71.2 cm³/mol. The molecule has 1 aliphatic heterocycles. The molecule has 17 heavy (non-hydrogen) atoms. The monoisotopic (exact) mass is 297 g/mol. The summed E-state index contributed by atoms with van der Waals surface area (Å²) < 4.78 is 5.39. The first-order valence-corrected chi connectivity index (χ1v) is 6.90. The Morgan fingerprint density at radius 3 is 2.71 bits per heavy atom. The van der Waals surface area contributed by atoms with Crippen molar-refractivity contribution in [3.05, 3.63) is 29.8 Å². The average Bonchev–Trinajstić information content (AvgIpc) is 2.76. The molecule has 1 heterocycles. The number of amides is 1. The zero-order chi connectivity index (χ0) is 12.3. The van der Waals surface area contributed by atoms with E-state index in [2.05, 4.69) is 21.2 Å². The lowest BCUT2D eigenvalue weighted by atomic mass is 10.0. The van der Waals surface area contributed by atoms with Crippen LogP contribution >= 0.6 is 15.9 Å². The topological polar surface area (TPSA) is 38.3 Å². The fourth-order valence-electron chi connectivity index (χ4n) is 1.99. The summed E-state index contributed by atoms with van der Waals surface area (Å²) in [7, 11) is 0. The molecule has 1 N–H and O–H groups in total. The molecule has 4 heteroatoms. The highest BCUT2D eigenvalue weighted by molar-refractivity contribution is 9.08. The summed E-state index contributed by atoms with van der Waals surface area (Å²) in [6.07, 6.45) is 0.837. The van der Waals surface area contributed by atoms with E-state index in [-0.39, 0.29) is 17.9 Å². The minimum Gasteiger partial charge on any atom is -0.378 e. The second-order valence-electron chi connectivity index (χ2n) is 4.29. The smallest absolute Gasteiger partial charge is 0.230 e. The lowest BCUT2D eigenvalue weighted by molar-refractivity contribution is -0.121. The van der Waals surface area contributed by atoms with Gasteiger partial charge in [-0.05, 0) is 31.0 Å². The molecule has 1 saturated heterocycles. The number of alkyl halides is 1. The molecule has 0 spiro atoms. The van der Waals surface area contributed by atoms with Crippen LogP contribution in [0.5, 0.6) is 0 Å². The Hall–Kier alpha value is -0.870. The molecule has 1 aromatic carbocycles. The molecular formula is C13H16BrNO2. The van der Waals surface area contributed by atoms with Gasteiger partial charge in [-0.15, -0.1) is 0 Å². The van der Waals surface area contributed by atoms with Crippen molar-refractivity contribution in [2.24, 2.45) is 5.92 Å². The molecule has 1 aliphatic rings. The minimum atomic E-state index is -0.0224. The number of halogens is 1. The van der Waals surface area contributed by atoms with Crippen molar-refractivity contribution < 1.29 is 9.53 Å². The normalized spacial score (nSPS) is 23.6. The number of ether oxygens (including phenoxy) is 1. The van der Waals surface area contributed by atoms with Crippen LogP contribution in [0, 0.1) is 5.92 Å². The van der Waals surface area contributed by atoms with Gasteiger partial charge in [0.2, 0.25) is 5.91 Å². The van der Waals surface area contributed by atoms with E-state index in [1.165, 1.54) is 5.56 Å². The van der Waals surface area contributed by atoms with E-state index in [1.54, 1.807) is 0 Å². The van der Waals surface area contributed by atoms with E-state index >= 15 is 0 Å². The van der Waals surface area contributed by atoms with Crippen LogP contribution in [-0.4, -0.2) is 18.6 Å². The molecule has 0 aromatic heterocycles. The molecule has 2 unspecified atom stereocenters. The molecule has 2 atom stereocenters. The minimum absolute atomic E-state index is 0.0224. The highest BCUT2D eigenvalue weighted by Gasteiger charge is 2.30. The zero-order valence-corrected chi connectivity index (χ0v) is 11.4. The molecule has 2 rings (SSSR count). The van der Waals surface area contributed by atoms with Gasteiger partial charge in [-0.25, -0.2) is 0 Å². The third kappa shape index (κ3) is 3.07. The van der Waals surface area contributed by atoms with Crippen LogP contribution in [0.15, 0.2) is 24.3 Å². The molecule has 0 radical (unpaired) electrons. The molecular weight excluding hydrogens is 282 g/mol. The number of rotatable bonds is 3. The zero-order valence-electron chi connectivity index (χ0n) is 9.78. The van der Waals surface area contributed by atoms with Crippen molar-refractivity contribution in [1.29, 1.82) is 0 Å². The Morgan fingerprint density at radius 1 is 1.47 bits per heavy atom. The van der Waals surface area contributed by atoms with E-state index in [1.807, 2.05) is 31.2 Å². The van der Waals surface area contributed by atoms with E-state index in [0.29, 0.717) is 6.61 Å². The summed E-state index contributed by atoms with van der Waals surface area (Å²) in [6, 6.07) is 7.85. The van der Waals surface area contributed by atoms with Crippen LogP contribution < -0.4 is 5.32 Å². The summed E-state index contributed by atoms with van der Waals surface area (Å²) in [6.45, 7) is 2.63. The van der Waals surface area contributed by atoms with Crippen molar-refractivity contribution in [3.63, 3.8) is 0 Å². The molecule has 3 nitrogen and oxygen atoms in total. The van der Waals surface area contributed by atoms with Crippen LogP contribution in [0.4, 0.5) is 5.69 Å². The van der Waals surface area contributed by atoms with E-state index in [9.17, 15) is 4.79 Å². The van der Waals surface area contributed by atoms with Crippen molar-refractivity contribution in [2.75, 3.05) is 11.9 Å². The Bertz CT molecular complexity index is 391. The number of nitrogens with one attached hydrogen (secondary N) is 1. The van der Waals surface area contributed by atoms with Crippen molar-refractivity contribution in [1.82, 2.24) is 0 Å². The standard InChI is InChI=1S/C13H16BrNO2/c1-9-12(6-7-17-9)13(16)15-11-4-2-10(8-14)3-5-11/h2-5,9,12H,6-8H2,1H3,(H,15,16). The molecule has 0 aliphatic carbocycles. The van der Waals surface area contributed by atoms with Crippen LogP contribution in [0.1, 0.15) is 18.9 Å². The van der Waals surface area contributed by atoms with E-state index in [0.717, 1.165) is 17.4 Å². The van der Waals surface area contributed by atoms with Crippen molar-refractivity contribution in [2.45, 2.75) is 24.8 Å². The number of benzene rings is 1. The van der Waals surface area contributed by atoms with Gasteiger partial charge in [0.1, 0.15) is 0 Å². The first-order chi connectivity index (χ1) is 8.20. The van der Waals surface area contributed by atoms with Crippen molar-refractivity contribution in [3.8, 4) is 0 Å². The van der Waals surface area contributed by atoms with Crippen LogP contribution in [0.2, 0.25) is 0 Å². The maximum atomic E-state index is 12.0. The summed E-state index contributed by atoms with van der Waals surface area (Å²) in [5.74, 6) is 0.0347. The molecule has 0 bridgehead atoms. The maximum Gasteiger partial charge on any atom is 0.230 e. The maximum absolute atomic E-state index is 12.0. The second kappa shape index (κ2) is 5.65. The number of hydrogen-bond acceptors (Lipinski definition) is 2. The highest BCUT2D eigenvalue weighted by atomic mass is 79.9. The van der Waals surface area contributed by atoms with Gasteiger partial charge in [0.15, 0.2) is 0 Å². The van der Waals surface area contributed by atoms with E-state index < -0.39 is 0 Å². The predicted octanol–water partition coefficient (Wildman–Crippen LogP) is 2.95. The second-order valence-corrected chi connectivity index (χ2v) is 4.85. The van der Waals surface area contributed by atoms with Crippen molar-refractivity contribution >= 4 is 27.5 Å². The van der Waals surface area contributed by atoms with Crippen LogP contribution in [0.25, 0.3) is 0 Å². The Balaban J connectivity index is 1.97. The number of anilines is 1. The SMILES string of the molecule is CC1OCCC1C(=O)Nc1ccc(CBr)cc1. The largest absolute Gasteiger partial charge is 0.378 e. The van der Waals surface area contributed by atoms with Crippen LogP contribution in [-0.2, 0) is 14.9 Å². The van der Waals surface area contributed by atoms with Gasteiger partial charge in [0, 0.05) is 17.6 Å². The van der Waals surface area contributed by atoms with Gasteiger partial charge in [0.25, 0.3) is 0 Å². The first kappa shape index (κ1) is 12.6. The molecule has 1 fully saturated rings. The van der Waals surface area contributed by atoms with Gasteiger partial charge in [-0.3, -0.25) is 4.79 Å². The molecule has 92 valence electrons. The number of hydrogen-bond donors (Lipinski definition) is 1. The van der Waals surface area contributed by atoms with Gasteiger partial charge in [0.05, 0.1) is 12.0 Å². The number of carbonyl (C=O) groups is 1. The molecule has 0 saturated carbocycles. The summed E-state index contributed by atoms with van der Waals surface area (Å²) in [5, 5.41) is 3.76. The summed E-state index contributed by atoms with van der Waals surface area (Å²) >= 11 is 3.39. The van der Waals surface area contributed by atoms with Gasteiger partial charge in [-0.1, -0.05) is 28.1 Å². The van der Waals surface area contributed by atoms with Crippen LogP contribution in [0.3, 0.4) is 0 Å². The molecule has 1 aromatic rings. The first-order valence-electron chi connectivity index (χ1n) is 5.78. The lowest BCUT2D eigenvalue weighted by Crippen LogP contribution is -2.27. The third-order valence-electron chi connectivity index (χ3n) is 3.09. The number of carbonyl (C=O) groups excluding carboxylic acids is 1. The summed E-state index contributed by atoms with van der Waals surface area (Å²) in [5.41, 5.74) is 2.04. The van der Waals surface area contributed by atoms with E-state index in [4.69, 9.17) is 4.74 Å². The fourth-order valence-corrected chi connectivity index (χ4v) is 2.36. The quantitative estimate of drug-likeness (QED) is 0.871. The summed E-state index contributed by atoms with van der Waals surface area (Å²) in [4.78, 5) is 12.0. The molecule has 1 amide bonds. The Labute approximate surface area is 110 Å². The lowest BCUT2D eigenvalue weighted by Gasteiger charge is -2.14. The van der Waals surface area contributed by atoms with Gasteiger partial charge in [-0.2, -0.15) is 0 Å². The van der Waals surface area contributed by atoms with Gasteiger partial charge < -0.3 is 10.1 Å². The Kier molecular flexibility index (Phi) is 4.18. The Morgan fingerprint density at radius 2 is 2.18 bits per heavy atom. The van der Waals surface area contributed by atoms with Gasteiger partial charge >= 0.3 is 0 Å². The highest BCUT2D eigenvalue weighted by Crippen LogP contribution is 2.22.